The second-order valence-electron chi connectivity index (χ2n) is 12.6. The van der Waals surface area contributed by atoms with Crippen molar-refractivity contribution in [2.24, 2.45) is 0 Å². The Hall–Kier alpha value is -4.47. The number of nitrogens with zero attached hydrogens (tertiary/aromatic N) is 4. The zero-order valence-corrected chi connectivity index (χ0v) is 30.4. The molecule has 0 aliphatic rings. The second kappa shape index (κ2) is 14.3. The van der Waals surface area contributed by atoms with E-state index in [0.717, 1.165) is 70.3 Å². The van der Waals surface area contributed by atoms with Gasteiger partial charge in [-0.2, -0.15) is 17.2 Å². The van der Waals surface area contributed by atoms with Gasteiger partial charge in [0.05, 0.1) is 5.69 Å². The fourth-order valence-electron chi connectivity index (χ4n) is 6.42. The van der Waals surface area contributed by atoms with Gasteiger partial charge >= 0.3 is 21.1 Å². The van der Waals surface area contributed by atoms with Gasteiger partial charge in [0.25, 0.3) is 0 Å². The van der Waals surface area contributed by atoms with Gasteiger partial charge < -0.3 is 9.30 Å². The number of pyridine rings is 1. The number of unbranched alkanes of at least 4 members (excludes halogenated alkanes) is 1. The Morgan fingerprint density at radius 2 is 1.62 bits per heavy atom. The number of hydrogen-bond donors (Lipinski definition) is 0. The van der Waals surface area contributed by atoms with E-state index in [9.17, 15) is 0 Å². The maximum atomic E-state index is 6.49. The molecule has 0 saturated heterocycles. The van der Waals surface area contributed by atoms with Gasteiger partial charge in [0.1, 0.15) is 5.82 Å². The fraction of sp³-hybridized carbons (Fsp3) is 0.238. The standard InChI is InChI=1S/C42H40N4O.Pt/c1-6-8-15-38-41(31-19-17-30(7-2)18-20-31)42(28(3)4)44-46(38)32-12-11-13-33(26-32)47-34-21-22-36-35-14-9-10-16-37(35)45(39(36)27-34)40-25-29(5)23-24-43-40;/h9-14,16-25,28H,6-8,15H2,1-5H3;/q-2;+2. The summed E-state index contributed by atoms with van der Waals surface area (Å²) < 4.78 is 10.7. The first-order chi connectivity index (χ1) is 22.9. The maximum Gasteiger partial charge on any atom is 2.00 e. The Morgan fingerprint density at radius 3 is 2.38 bits per heavy atom. The molecule has 244 valence electrons. The number of hydrogen-bond acceptors (Lipinski definition) is 3. The van der Waals surface area contributed by atoms with Crippen molar-refractivity contribution in [3.63, 3.8) is 0 Å². The topological polar surface area (TPSA) is 44.9 Å². The van der Waals surface area contributed by atoms with Gasteiger partial charge in [0, 0.05) is 34.5 Å². The van der Waals surface area contributed by atoms with E-state index in [1.165, 1.54) is 22.4 Å². The van der Waals surface area contributed by atoms with Crippen LogP contribution in [-0.4, -0.2) is 19.3 Å². The van der Waals surface area contributed by atoms with Gasteiger partial charge in [-0.25, -0.2) is 4.98 Å². The number of aryl methyl sites for hydroxylation is 2. The molecule has 7 rings (SSSR count). The largest absolute Gasteiger partial charge is 2.00 e. The molecule has 0 fully saturated rings. The average Bonchev–Trinajstić information content (AvgIpc) is 3.63. The SMILES string of the molecule is CCCCc1c(-c2ccc(CC)cc2)c(C(C)C)nn1-c1[c-]c(Oc2[c-]c3c(cc2)c2ccccc2n3-c2cc(C)ccn2)ccc1.[Pt+2]. The van der Waals surface area contributed by atoms with E-state index in [0.29, 0.717) is 11.5 Å². The predicted octanol–water partition coefficient (Wildman–Crippen LogP) is 10.8. The molecule has 0 unspecified atom stereocenters. The molecule has 7 aromatic rings. The molecule has 0 aliphatic heterocycles. The Bertz CT molecular complexity index is 2190. The Morgan fingerprint density at radius 1 is 0.833 bits per heavy atom. The molecule has 3 heterocycles. The van der Waals surface area contributed by atoms with E-state index in [2.05, 4.69) is 123 Å². The Labute approximate surface area is 297 Å². The van der Waals surface area contributed by atoms with Crippen LogP contribution >= 0.6 is 0 Å². The molecule has 4 aromatic carbocycles. The van der Waals surface area contributed by atoms with Crippen molar-refractivity contribution in [2.45, 2.75) is 66.2 Å². The second-order valence-corrected chi connectivity index (χ2v) is 12.6. The van der Waals surface area contributed by atoms with Crippen LogP contribution in [0.5, 0.6) is 11.5 Å². The molecule has 6 heteroatoms. The molecule has 0 aliphatic carbocycles. The summed E-state index contributed by atoms with van der Waals surface area (Å²) in [5.41, 5.74) is 10.2. The Balaban J connectivity index is 0.00000401. The predicted molar refractivity (Wildman–Crippen MR) is 192 cm³/mol. The van der Waals surface area contributed by atoms with Crippen molar-refractivity contribution < 1.29 is 25.8 Å². The van der Waals surface area contributed by atoms with E-state index in [4.69, 9.17) is 14.8 Å². The molecule has 0 bridgehead atoms. The third-order valence-corrected chi connectivity index (χ3v) is 8.86. The summed E-state index contributed by atoms with van der Waals surface area (Å²) in [6.07, 6.45) is 6.00. The molecule has 5 nitrogen and oxygen atoms in total. The fourth-order valence-corrected chi connectivity index (χ4v) is 6.42. The van der Waals surface area contributed by atoms with E-state index in [-0.39, 0.29) is 27.0 Å². The number of para-hydroxylation sites is 1. The molecule has 0 atom stereocenters. The molecule has 0 radical (unpaired) electrons. The van der Waals surface area contributed by atoms with Crippen LogP contribution in [-0.2, 0) is 33.9 Å². The van der Waals surface area contributed by atoms with Crippen LogP contribution in [0.25, 0.3) is 44.4 Å². The van der Waals surface area contributed by atoms with E-state index < -0.39 is 0 Å². The van der Waals surface area contributed by atoms with E-state index >= 15 is 0 Å². The van der Waals surface area contributed by atoms with Gasteiger partial charge in [-0.15, -0.1) is 35.7 Å². The van der Waals surface area contributed by atoms with Crippen LogP contribution < -0.4 is 4.74 Å². The van der Waals surface area contributed by atoms with Gasteiger partial charge in [-0.05, 0) is 78.1 Å². The molecule has 48 heavy (non-hydrogen) atoms. The molecular weight excluding hydrogens is 772 g/mol. The normalized spacial score (nSPS) is 11.4. The molecule has 0 spiro atoms. The number of fused-ring (bicyclic) bond motifs is 3. The van der Waals surface area contributed by atoms with Crippen molar-refractivity contribution in [1.29, 1.82) is 0 Å². The maximum absolute atomic E-state index is 6.49. The van der Waals surface area contributed by atoms with Crippen molar-refractivity contribution >= 4 is 21.8 Å². The first-order valence-corrected chi connectivity index (χ1v) is 16.7. The quantitative estimate of drug-likeness (QED) is 0.129. The summed E-state index contributed by atoms with van der Waals surface area (Å²) in [5.74, 6) is 2.37. The summed E-state index contributed by atoms with van der Waals surface area (Å²) in [6, 6.07) is 38.7. The Kier molecular flexibility index (Phi) is 9.98. The molecular formula is C42H40N4OPt. The van der Waals surface area contributed by atoms with Crippen LogP contribution in [0.4, 0.5) is 0 Å². The van der Waals surface area contributed by atoms with Crippen LogP contribution in [0.15, 0.2) is 97.2 Å². The van der Waals surface area contributed by atoms with Crippen molar-refractivity contribution in [1.82, 2.24) is 19.3 Å². The zero-order valence-electron chi connectivity index (χ0n) is 28.2. The number of aromatic nitrogens is 4. The minimum Gasteiger partial charge on any atom is -0.509 e. The summed E-state index contributed by atoms with van der Waals surface area (Å²) in [5, 5.41) is 7.49. The van der Waals surface area contributed by atoms with E-state index in [1.54, 1.807) is 0 Å². The first kappa shape index (κ1) is 33.4. The molecule has 0 amide bonds. The van der Waals surface area contributed by atoms with E-state index in [1.807, 2.05) is 30.5 Å². The van der Waals surface area contributed by atoms with Crippen LogP contribution in [0, 0.1) is 19.1 Å². The van der Waals surface area contributed by atoms with Crippen LogP contribution in [0.1, 0.15) is 69.0 Å². The number of benzene rings is 4. The van der Waals surface area contributed by atoms with Crippen molar-refractivity contribution in [2.75, 3.05) is 0 Å². The van der Waals surface area contributed by atoms with Gasteiger partial charge in [0.2, 0.25) is 0 Å². The summed E-state index contributed by atoms with van der Waals surface area (Å²) >= 11 is 0. The number of ether oxygens (including phenoxy) is 1. The smallest absolute Gasteiger partial charge is 0.509 e. The molecule has 0 N–H and O–H groups in total. The van der Waals surface area contributed by atoms with Gasteiger partial charge in [-0.3, -0.25) is 4.68 Å². The monoisotopic (exact) mass is 811 g/mol. The third-order valence-electron chi connectivity index (χ3n) is 8.86. The minimum absolute atomic E-state index is 0. The van der Waals surface area contributed by atoms with Gasteiger partial charge in [0.15, 0.2) is 0 Å². The van der Waals surface area contributed by atoms with Crippen molar-refractivity contribution in [3.05, 3.63) is 132 Å². The average molecular weight is 812 g/mol. The third kappa shape index (κ3) is 6.36. The molecule has 0 saturated carbocycles. The summed E-state index contributed by atoms with van der Waals surface area (Å²) in [6.45, 7) is 11.0. The van der Waals surface area contributed by atoms with Gasteiger partial charge in [-0.1, -0.05) is 82.1 Å². The summed E-state index contributed by atoms with van der Waals surface area (Å²) in [4.78, 5) is 4.71. The molecule has 3 aromatic heterocycles. The van der Waals surface area contributed by atoms with Crippen molar-refractivity contribution in [3.8, 4) is 34.1 Å². The summed E-state index contributed by atoms with van der Waals surface area (Å²) in [7, 11) is 0. The zero-order chi connectivity index (χ0) is 32.5. The minimum atomic E-state index is 0. The number of rotatable bonds is 10. The van der Waals surface area contributed by atoms with Crippen LogP contribution in [0.2, 0.25) is 0 Å². The van der Waals surface area contributed by atoms with Crippen LogP contribution in [0.3, 0.4) is 0 Å². The first-order valence-electron chi connectivity index (χ1n) is 16.7.